The van der Waals surface area contributed by atoms with Crippen molar-refractivity contribution in [3.05, 3.63) is 57.6 Å². The molecule has 3 aromatic rings. The number of carbonyl (C=O) groups excluding carboxylic acids is 1. The molecule has 1 N–H and O–H groups in total. The van der Waals surface area contributed by atoms with E-state index in [0.29, 0.717) is 10.7 Å². The fourth-order valence-corrected chi connectivity index (χ4v) is 3.59. The molecule has 0 saturated carbocycles. The lowest BCUT2D eigenvalue weighted by molar-refractivity contribution is 0.102. The van der Waals surface area contributed by atoms with E-state index in [2.05, 4.69) is 26.2 Å². The molecule has 2 aromatic carbocycles. The second kappa shape index (κ2) is 5.58. The van der Waals surface area contributed by atoms with E-state index in [9.17, 15) is 4.79 Å². The van der Waals surface area contributed by atoms with Gasteiger partial charge in [-0.15, -0.1) is 0 Å². The largest absolute Gasteiger partial charge is 0.298 e. The molecular formula is C16H13BrN2OS. The Kier molecular flexibility index (Phi) is 3.78. The number of rotatable bonds is 2. The van der Waals surface area contributed by atoms with Crippen molar-refractivity contribution in [2.45, 2.75) is 13.8 Å². The summed E-state index contributed by atoms with van der Waals surface area (Å²) in [6.07, 6.45) is 0. The van der Waals surface area contributed by atoms with Crippen molar-refractivity contribution < 1.29 is 4.79 Å². The smallest absolute Gasteiger partial charge is 0.257 e. The van der Waals surface area contributed by atoms with Gasteiger partial charge in [0.1, 0.15) is 0 Å². The summed E-state index contributed by atoms with van der Waals surface area (Å²) in [5, 5.41) is 3.50. The first-order valence-corrected chi connectivity index (χ1v) is 8.09. The molecule has 1 heterocycles. The van der Waals surface area contributed by atoms with E-state index in [-0.39, 0.29) is 5.91 Å². The molecular weight excluding hydrogens is 348 g/mol. The van der Waals surface area contributed by atoms with Gasteiger partial charge in [0, 0.05) is 10.0 Å². The van der Waals surface area contributed by atoms with E-state index in [1.54, 1.807) is 0 Å². The molecule has 5 heteroatoms. The highest BCUT2D eigenvalue weighted by atomic mass is 79.9. The Labute approximate surface area is 135 Å². The number of nitrogens with zero attached hydrogens (tertiary/aromatic N) is 1. The Balaban J connectivity index is 1.93. The number of fused-ring (bicyclic) bond motifs is 1. The number of thiazole rings is 1. The average molecular weight is 361 g/mol. The topological polar surface area (TPSA) is 42.0 Å². The maximum Gasteiger partial charge on any atom is 0.257 e. The van der Waals surface area contributed by atoms with E-state index in [4.69, 9.17) is 0 Å². The van der Waals surface area contributed by atoms with E-state index < -0.39 is 0 Å². The first-order chi connectivity index (χ1) is 10.0. The van der Waals surface area contributed by atoms with Crippen LogP contribution in [0, 0.1) is 13.8 Å². The zero-order chi connectivity index (χ0) is 15.0. The van der Waals surface area contributed by atoms with Crippen LogP contribution in [0.2, 0.25) is 0 Å². The maximum atomic E-state index is 12.4. The predicted octanol–water partition coefficient (Wildman–Crippen LogP) is 4.93. The van der Waals surface area contributed by atoms with Gasteiger partial charge >= 0.3 is 0 Å². The third kappa shape index (κ3) is 2.84. The van der Waals surface area contributed by atoms with Crippen LogP contribution >= 0.6 is 27.3 Å². The van der Waals surface area contributed by atoms with Crippen molar-refractivity contribution in [2.24, 2.45) is 0 Å². The lowest BCUT2D eigenvalue weighted by Gasteiger charge is -2.06. The zero-order valence-electron chi connectivity index (χ0n) is 11.6. The van der Waals surface area contributed by atoms with Crippen molar-refractivity contribution in [2.75, 3.05) is 5.32 Å². The minimum atomic E-state index is -0.119. The Morgan fingerprint density at radius 1 is 1.24 bits per heavy atom. The number of aryl methyl sites for hydroxylation is 2. The average Bonchev–Trinajstić information content (AvgIpc) is 2.85. The van der Waals surface area contributed by atoms with E-state index >= 15 is 0 Å². The minimum Gasteiger partial charge on any atom is -0.298 e. The molecule has 0 aliphatic heterocycles. The van der Waals surface area contributed by atoms with Crippen molar-refractivity contribution in [1.82, 2.24) is 4.98 Å². The van der Waals surface area contributed by atoms with Crippen molar-refractivity contribution >= 4 is 48.5 Å². The molecule has 0 fully saturated rings. The first-order valence-electron chi connectivity index (χ1n) is 6.48. The van der Waals surface area contributed by atoms with Gasteiger partial charge in [-0.2, -0.15) is 0 Å². The quantitative estimate of drug-likeness (QED) is 0.703. The van der Waals surface area contributed by atoms with Crippen LogP contribution in [0.5, 0.6) is 0 Å². The highest BCUT2D eigenvalue weighted by molar-refractivity contribution is 9.10. The summed E-state index contributed by atoms with van der Waals surface area (Å²) in [5.74, 6) is -0.119. The molecule has 0 bridgehead atoms. The molecule has 1 amide bonds. The number of halogens is 1. The molecule has 0 spiro atoms. The normalized spacial score (nSPS) is 10.8. The Bertz CT molecular complexity index is 841. The van der Waals surface area contributed by atoms with Crippen molar-refractivity contribution in [1.29, 1.82) is 0 Å². The van der Waals surface area contributed by atoms with Crippen LogP contribution in [-0.4, -0.2) is 10.9 Å². The molecule has 1 aromatic heterocycles. The molecule has 3 nitrogen and oxygen atoms in total. The zero-order valence-corrected chi connectivity index (χ0v) is 14.0. The fraction of sp³-hybridized carbons (Fsp3) is 0.125. The van der Waals surface area contributed by atoms with Crippen LogP contribution in [0.15, 0.2) is 40.9 Å². The number of anilines is 1. The highest BCUT2D eigenvalue weighted by Gasteiger charge is 2.13. The summed E-state index contributed by atoms with van der Waals surface area (Å²) in [5.41, 5.74) is 3.59. The molecule has 3 rings (SSSR count). The summed E-state index contributed by atoms with van der Waals surface area (Å²) in [6.45, 7) is 3.91. The number of hydrogen-bond acceptors (Lipinski definition) is 3. The van der Waals surface area contributed by atoms with Gasteiger partial charge in [-0.1, -0.05) is 35.1 Å². The summed E-state index contributed by atoms with van der Waals surface area (Å²) in [4.78, 5) is 16.9. The number of amides is 1. The second-order valence-electron chi connectivity index (χ2n) is 4.88. The number of aromatic nitrogens is 1. The van der Waals surface area contributed by atoms with Gasteiger partial charge in [0.2, 0.25) is 0 Å². The van der Waals surface area contributed by atoms with Crippen LogP contribution in [0.3, 0.4) is 0 Å². The Hall–Kier alpha value is -1.72. The van der Waals surface area contributed by atoms with Gasteiger partial charge < -0.3 is 0 Å². The Morgan fingerprint density at radius 2 is 2.05 bits per heavy atom. The summed E-state index contributed by atoms with van der Waals surface area (Å²) in [7, 11) is 0. The van der Waals surface area contributed by atoms with Crippen LogP contribution < -0.4 is 5.32 Å². The third-order valence-corrected chi connectivity index (χ3v) is 4.80. The van der Waals surface area contributed by atoms with Gasteiger partial charge in [-0.05, 0) is 53.5 Å². The molecule has 0 aliphatic carbocycles. The molecule has 0 atom stereocenters. The van der Waals surface area contributed by atoms with E-state index in [1.165, 1.54) is 11.3 Å². The monoisotopic (exact) mass is 360 g/mol. The first kappa shape index (κ1) is 14.2. The van der Waals surface area contributed by atoms with Gasteiger partial charge in [0.05, 0.1) is 10.2 Å². The molecule has 0 saturated heterocycles. The highest BCUT2D eigenvalue weighted by Crippen LogP contribution is 2.31. The Morgan fingerprint density at radius 3 is 2.81 bits per heavy atom. The van der Waals surface area contributed by atoms with Crippen LogP contribution in [0.1, 0.15) is 21.5 Å². The van der Waals surface area contributed by atoms with Gasteiger partial charge in [-0.25, -0.2) is 4.98 Å². The molecule has 0 aliphatic rings. The van der Waals surface area contributed by atoms with Gasteiger partial charge in [0.25, 0.3) is 5.91 Å². The number of carbonyl (C=O) groups is 1. The van der Waals surface area contributed by atoms with Crippen molar-refractivity contribution in [3.63, 3.8) is 0 Å². The number of para-hydroxylation sites is 1. The van der Waals surface area contributed by atoms with Gasteiger partial charge in [-0.3, -0.25) is 10.1 Å². The third-order valence-electron chi connectivity index (χ3n) is 3.23. The van der Waals surface area contributed by atoms with Crippen molar-refractivity contribution in [3.8, 4) is 0 Å². The molecule has 0 radical (unpaired) electrons. The number of nitrogens with one attached hydrogen (secondary N) is 1. The summed E-state index contributed by atoms with van der Waals surface area (Å²) >= 11 is 4.95. The lowest BCUT2D eigenvalue weighted by Crippen LogP contribution is -2.13. The lowest BCUT2D eigenvalue weighted by atomic mass is 10.1. The number of hydrogen-bond donors (Lipinski definition) is 1. The van der Waals surface area contributed by atoms with Crippen LogP contribution in [0.25, 0.3) is 10.2 Å². The SMILES string of the molecule is Cc1ccc(C)c(C(=O)Nc2nc3c(Br)cccc3s2)c1. The molecule has 106 valence electrons. The molecule has 21 heavy (non-hydrogen) atoms. The molecule has 0 unspecified atom stereocenters. The summed E-state index contributed by atoms with van der Waals surface area (Å²) in [6, 6.07) is 11.7. The second-order valence-corrected chi connectivity index (χ2v) is 6.76. The van der Waals surface area contributed by atoms with Crippen LogP contribution in [-0.2, 0) is 0 Å². The standard InChI is InChI=1S/C16H13BrN2OS/c1-9-6-7-10(2)11(8-9)15(20)19-16-18-14-12(17)4-3-5-13(14)21-16/h3-8H,1-2H3,(H,18,19,20). The predicted molar refractivity (Wildman–Crippen MR) is 91.2 cm³/mol. The summed E-state index contributed by atoms with van der Waals surface area (Å²) < 4.78 is 1.98. The van der Waals surface area contributed by atoms with E-state index in [1.807, 2.05) is 50.2 Å². The van der Waals surface area contributed by atoms with Crippen LogP contribution in [0.4, 0.5) is 5.13 Å². The maximum absolute atomic E-state index is 12.4. The number of benzene rings is 2. The minimum absolute atomic E-state index is 0.119. The van der Waals surface area contributed by atoms with Gasteiger partial charge in [0.15, 0.2) is 5.13 Å². The van der Waals surface area contributed by atoms with E-state index in [0.717, 1.165) is 25.8 Å². The fourth-order valence-electron chi connectivity index (χ4n) is 2.11.